The molecule has 0 bridgehead atoms. The van der Waals surface area contributed by atoms with Crippen LogP contribution in [0.1, 0.15) is 40.5 Å². The third kappa shape index (κ3) is 2.67. The number of hydrogen-bond donors (Lipinski definition) is 2. The predicted octanol–water partition coefficient (Wildman–Crippen LogP) is 2.28. The lowest BCUT2D eigenvalue weighted by Gasteiger charge is -2.39. The fourth-order valence-electron chi connectivity index (χ4n) is 1.82. The Hall–Kier alpha value is 0.0969. The van der Waals surface area contributed by atoms with Crippen LogP contribution in [0.2, 0.25) is 18.1 Å². The molecule has 0 unspecified atom stereocenters. The Balaban J connectivity index is 2.70. The molecular formula is C12H26O3Si. The highest BCUT2D eigenvalue weighted by atomic mass is 28.4. The number of rotatable bonds is 2. The molecule has 0 heterocycles. The smallest absolute Gasteiger partial charge is 0.192 e. The Kier molecular flexibility index (Phi) is 3.62. The van der Waals surface area contributed by atoms with Crippen LogP contribution in [0, 0.1) is 0 Å². The quantitative estimate of drug-likeness (QED) is 0.735. The maximum absolute atomic E-state index is 9.99. The molecule has 0 aromatic heterocycles. The number of hydrogen-bond acceptors (Lipinski definition) is 3. The van der Waals surface area contributed by atoms with Crippen molar-refractivity contribution in [1.29, 1.82) is 0 Å². The van der Waals surface area contributed by atoms with Gasteiger partial charge in [0.05, 0.1) is 11.7 Å². The van der Waals surface area contributed by atoms with E-state index in [1.807, 2.05) is 0 Å². The van der Waals surface area contributed by atoms with Gasteiger partial charge in [-0.05, 0) is 37.9 Å². The number of aliphatic hydroxyl groups excluding tert-OH is 1. The molecule has 0 radical (unpaired) electrons. The molecule has 2 N–H and O–H groups in total. The summed E-state index contributed by atoms with van der Waals surface area (Å²) in [5.74, 6) is 0. The Morgan fingerprint density at radius 2 is 1.81 bits per heavy atom. The van der Waals surface area contributed by atoms with Crippen molar-refractivity contribution in [1.82, 2.24) is 0 Å². The van der Waals surface area contributed by atoms with E-state index in [1.54, 1.807) is 6.92 Å². The van der Waals surface area contributed by atoms with Gasteiger partial charge in [-0.3, -0.25) is 0 Å². The zero-order chi connectivity index (χ0) is 12.8. The minimum Gasteiger partial charge on any atom is -0.411 e. The lowest BCUT2D eigenvalue weighted by Crippen LogP contribution is -2.48. The van der Waals surface area contributed by atoms with Gasteiger partial charge in [0.25, 0.3) is 0 Å². The van der Waals surface area contributed by atoms with Gasteiger partial charge in [0, 0.05) is 0 Å². The molecule has 96 valence electrons. The molecule has 4 heteroatoms. The van der Waals surface area contributed by atoms with Crippen LogP contribution in [0.4, 0.5) is 0 Å². The molecule has 0 spiro atoms. The molecule has 0 amide bonds. The van der Waals surface area contributed by atoms with Crippen molar-refractivity contribution in [2.24, 2.45) is 0 Å². The van der Waals surface area contributed by atoms with Gasteiger partial charge < -0.3 is 14.6 Å². The van der Waals surface area contributed by atoms with Crippen LogP contribution in [0.5, 0.6) is 0 Å². The summed E-state index contributed by atoms with van der Waals surface area (Å²) in [6.45, 7) is 12.6. The van der Waals surface area contributed by atoms with E-state index in [9.17, 15) is 10.2 Å². The van der Waals surface area contributed by atoms with Gasteiger partial charge >= 0.3 is 0 Å². The third-order valence-corrected chi connectivity index (χ3v) is 8.68. The summed E-state index contributed by atoms with van der Waals surface area (Å²) in [7, 11) is -1.85. The molecule has 3 atom stereocenters. The van der Waals surface area contributed by atoms with Crippen molar-refractivity contribution < 1.29 is 14.6 Å². The van der Waals surface area contributed by atoms with Crippen LogP contribution in [0.15, 0.2) is 0 Å². The van der Waals surface area contributed by atoms with Gasteiger partial charge in [-0.15, -0.1) is 0 Å². The molecule has 1 rings (SSSR count). The Morgan fingerprint density at radius 1 is 1.31 bits per heavy atom. The maximum atomic E-state index is 9.99. The summed E-state index contributed by atoms with van der Waals surface area (Å²) in [5, 5.41) is 20.1. The van der Waals surface area contributed by atoms with Gasteiger partial charge in [-0.2, -0.15) is 0 Å². The van der Waals surface area contributed by atoms with Crippen LogP contribution in [-0.4, -0.2) is 36.3 Å². The summed E-state index contributed by atoms with van der Waals surface area (Å²) in [5.41, 5.74) is -0.979. The molecule has 0 aromatic carbocycles. The van der Waals surface area contributed by atoms with Crippen LogP contribution < -0.4 is 0 Å². The molecule has 0 aliphatic heterocycles. The molecule has 1 aliphatic rings. The SMILES string of the molecule is CC(C)(C)[Si](C)(C)O[C@H]1CC[C@](C)(O)[C@@H]1O. The lowest BCUT2D eigenvalue weighted by atomic mass is 10.0. The standard InChI is InChI=1S/C12H26O3Si/c1-11(2,3)16(5,6)15-9-7-8-12(4,14)10(9)13/h9-10,13-14H,7-8H2,1-6H3/t9-,10+,12-/m0/s1. The van der Waals surface area contributed by atoms with E-state index in [1.165, 1.54) is 0 Å². The second-order valence-corrected chi connectivity index (χ2v) is 11.5. The highest BCUT2D eigenvalue weighted by molar-refractivity contribution is 6.74. The minimum absolute atomic E-state index is 0.140. The third-order valence-electron chi connectivity index (χ3n) is 4.18. The van der Waals surface area contributed by atoms with Crippen molar-refractivity contribution in [2.45, 2.75) is 76.5 Å². The summed E-state index contributed by atoms with van der Waals surface area (Å²) in [4.78, 5) is 0. The Bertz CT molecular complexity index is 255. The van der Waals surface area contributed by atoms with Crippen molar-refractivity contribution >= 4 is 8.32 Å². The first-order valence-electron chi connectivity index (χ1n) is 6.06. The zero-order valence-electron chi connectivity index (χ0n) is 11.4. The van der Waals surface area contributed by atoms with Crippen molar-refractivity contribution in [3.8, 4) is 0 Å². The fourth-order valence-corrected chi connectivity index (χ4v) is 3.18. The molecular weight excluding hydrogens is 220 g/mol. The lowest BCUT2D eigenvalue weighted by molar-refractivity contribution is -0.0719. The first-order chi connectivity index (χ1) is 6.97. The average molecular weight is 246 g/mol. The first-order valence-corrected chi connectivity index (χ1v) is 8.96. The van der Waals surface area contributed by atoms with Crippen molar-refractivity contribution in [3.63, 3.8) is 0 Å². The second kappa shape index (κ2) is 4.09. The normalized spacial score (nSPS) is 36.8. The first kappa shape index (κ1) is 14.2. The topological polar surface area (TPSA) is 49.7 Å². The molecule has 1 aliphatic carbocycles. The molecule has 0 saturated heterocycles. The van der Waals surface area contributed by atoms with Crippen LogP contribution in [0.25, 0.3) is 0 Å². The molecule has 1 fully saturated rings. The van der Waals surface area contributed by atoms with Gasteiger partial charge in [-0.1, -0.05) is 20.8 Å². The van der Waals surface area contributed by atoms with Gasteiger partial charge in [-0.25, -0.2) is 0 Å². The summed E-state index contributed by atoms with van der Waals surface area (Å²) >= 11 is 0. The average Bonchev–Trinajstić information content (AvgIpc) is 2.29. The van der Waals surface area contributed by atoms with Crippen molar-refractivity contribution in [3.05, 3.63) is 0 Å². The Labute approximate surface area is 100.0 Å². The molecule has 1 saturated carbocycles. The van der Waals surface area contributed by atoms with Crippen molar-refractivity contribution in [2.75, 3.05) is 0 Å². The van der Waals surface area contributed by atoms with E-state index in [0.29, 0.717) is 6.42 Å². The molecule has 16 heavy (non-hydrogen) atoms. The van der Waals surface area contributed by atoms with Gasteiger partial charge in [0.15, 0.2) is 8.32 Å². The fraction of sp³-hybridized carbons (Fsp3) is 1.00. The van der Waals surface area contributed by atoms with Crippen LogP contribution in [-0.2, 0) is 4.43 Å². The summed E-state index contributed by atoms with van der Waals surface area (Å²) in [6, 6.07) is 0. The summed E-state index contributed by atoms with van der Waals surface area (Å²) < 4.78 is 6.14. The van der Waals surface area contributed by atoms with Crippen LogP contribution in [0.3, 0.4) is 0 Å². The van der Waals surface area contributed by atoms with E-state index in [-0.39, 0.29) is 11.1 Å². The highest BCUT2D eigenvalue weighted by Gasteiger charge is 2.48. The molecule has 0 aromatic rings. The van der Waals surface area contributed by atoms with E-state index < -0.39 is 20.0 Å². The number of aliphatic hydroxyl groups is 2. The largest absolute Gasteiger partial charge is 0.411 e. The summed E-state index contributed by atoms with van der Waals surface area (Å²) in [6.07, 6.45) is 0.422. The van der Waals surface area contributed by atoms with E-state index >= 15 is 0 Å². The van der Waals surface area contributed by atoms with E-state index in [0.717, 1.165) is 6.42 Å². The molecule has 3 nitrogen and oxygen atoms in total. The monoisotopic (exact) mass is 246 g/mol. The van der Waals surface area contributed by atoms with E-state index in [2.05, 4.69) is 33.9 Å². The van der Waals surface area contributed by atoms with Gasteiger partial charge in [0.2, 0.25) is 0 Å². The van der Waals surface area contributed by atoms with Gasteiger partial charge in [0.1, 0.15) is 6.10 Å². The maximum Gasteiger partial charge on any atom is 0.192 e. The predicted molar refractivity (Wildman–Crippen MR) is 67.9 cm³/mol. The zero-order valence-corrected chi connectivity index (χ0v) is 12.4. The van der Waals surface area contributed by atoms with Crippen LogP contribution >= 0.6 is 0 Å². The highest BCUT2D eigenvalue weighted by Crippen LogP contribution is 2.41. The van der Waals surface area contributed by atoms with E-state index in [4.69, 9.17) is 4.43 Å². The Morgan fingerprint density at radius 3 is 2.12 bits per heavy atom. The minimum atomic E-state index is -1.85. The second-order valence-electron chi connectivity index (χ2n) is 6.76.